The van der Waals surface area contributed by atoms with Gasteiger partial charge in [-0.05, 0) is 67.5 Å². The van der Waals surface area contributed by atoms with Crippen LogP contribution in [0.3, 0.4) is 0 Å². The van der Waals surface area contributed by atoms with Crippen LogP contribution in [0.2, 0.25) is 0 Å². The summed E-state index contributed by atoms with van der Waals surface area (Å²) < 4.78 is 13.0. The fraction of sp³-hybridized carbons (Fsp3) is 0.500. The van der Waals surface area contributed by atoms with Crippen LogP contribution < -0.4 is 4.90 Å². The van der Waals surface area contributed by atoms with Gasteiger partial charge in [0, 0.05) is 37.3 Å². The average Bonchev–Trinajstić information content (AvgIpc) is 3.04. The lowest BCUT2D eigenvalue weighted by atomic mass is 9.88. The molecule has 5 rings (SSSR count). The van der Waals surface area contributed by atoms with Crippen molar-refractivity contribution in [2.24, 2.45) is 0 Å². The van der Waals surface area contributed by atoms with Gasteiger partial charge in [-0.3, -0.25) is 0 Å². The van der Waals surface area contributed by atoms with Gasteiger partial charge in [0.05, 0.1) is 6.10 Å². The van der Waals surface area contributed by atoms with Gasteiger partial charge in [-0.1, -0.05) is 30.3 Å². The molecule has 1 fully saturated rings. The number of benzene rings is 2. The maximum absolute atomic E-state index is 13.0. The van der Waals surface area contributed by atoms with Crippen molar-refractivity contribution in [1.29, 1.82) is 0 Å². The highest BCUT2D eigenvalue weighted by molar-refractivity contribution is 5.68. The van der Waals surface area contributed by atoms with Gasteiger partial charge in [-0.2, -0.15) is 0 Å². The third kappa shape index (κ3) is 3.23. The number of rotatable bonds is 5. The summed E-state index contributed by atoms with van der Waals surface area (Å²) >= 11 is 0. The van der Waals surface area contributed by atoms with Crippen LogP contribution >= 0.6 is 0 Å². The molecule has 2 aromatic carbocycles. The Morgan fingerprint density at radius 2 is 1.96 bits per heavy atom. The third-order valence-corrected chi connectivity index (χ3v) is 6.95. The minimum Gasteiger partial charge on any atom is -0.388 e. The molecule has 28 heavy (non-hydrogen) atoms. The first kappa shape index (κ1) is 18.1. The van der Waals surface area contributed by atoms with Crippen LogP contribution in [-0.2, 0) is 6.42 Å². The van der Waals surface area contributed by atoms with E-state index in [1.165, 1.54) is 37.9 Å². The third-order valence-electron chi connectivity index (χ3n) is 6.95. The van der Waals surface area contributed by atoms with Crippen molar-refractivity contribution < 1.29 is 9.50 Å². The molecule has 3 aliphatic heterocycles. The number of hydrogen-bond donors (Lipinski definition) is 1. The van der Waals surface area contributed by atoms with Crippen LogP contribution in [0.15, 0.2) is 42.5 Å². The van der Waals surface area contributed by atoms with Gasteiger partial charge in [0.25, 0.3) is 0 Å². The Balaban J connectivity index is 1.20. The number of aliphatic hydroxyl groups is 1. The summed E-state index contributed by atoms with van der Waals surface area (Å²) in [7, 11) is 0. The number of likely N-dealkylation sites (tertiary alicyclic amines) is 1. The smallest absolute Gasteiger partial charge is 0.123 e. The SMILES string of the molecule is O[C@H](CCCN1CC[C@H]2[C@@H](C1)c1cccc3c1N2CCC3)c1ccc(F)cc1. The summed E-state index contributed by atoms with van der Waals surface area (Å²) in [6, 6.07) is 13.8. The molecule has 1 saturated heterocycles. The summed E-state index contributed by atoms with van der Waals surface area (Å²) in [4.78, 5) is 5.28. The van der Waals surface area contributed by atoms with E-state index in [0.717, 1.165) is 38.0 Å². The molecule has 2 aromatic rings. The van der Waals surface area contributed by atoms with E-state index in [2.05, 4.69) is 28.0 Å². The van der Waals surface area contributed by atoms with Crippen molar-refractivity contribution >= 4 is 5.69 Å². The zero-order valence-corrected chi connectivity index (χ0v) is 16.4. The number of nitrogens with zero attached hydrogens (tertiary/aromatic N) is 2. The second-order valence-electron chi connectivity index (χ2n) is 8.62. The van der Waals surface area contributed by atoms with Crippen LogP contribution in [0.5, 0.6) is 0 Å². The first-order chi connectivity index (χ1) is 13.7. The lowest BCUT2D eigenvalue weighted by Gasteiger charge is -2.40. The predicted octanol–water partition coefficient (Wildman–Crippen LogP) is 4.26. The number of hydrogen-bond acceptors (Lipinski definition) is 3. The van der Waals surface area contributed by atoms with E-state index in [0.29, 0.717) is 12.0 Å². The van der Waals surface area contributed by atoms with Gasteiger partial charge >= 0.3 is 0 Å². The second-order valence-corrected chi connectivity index (χ2v) is 8.62. The number of anilines is 1. The lowest BCUT2D eigenvalue weighted by molar-refractivity contribution is 0.144. The molecule has 0 bridgehead atoms. The Labute approximate surface area is 166 Å². The highest BCUT2D eigenvalue weighted by Crippen LogP contribution is 2.48. The average molecular weight is 381 g/mol. The standard InChI is InChI=1S/C24H29FN2O/c25-19-10-8-17(9-11-19)23(28)7-3-13-26-15-12-22-21(16-26)20-6-1-4-18-5-2-14-27(22)24(18)20/h1,4,6,8-11,21-23,28H,2-3,5,7,12-16H2/t21-,22-,23+/m0/s1. The molecular formula is C24H29FN2O. The van der Waals surface area contributed by atoms with E-state index < -0.39 is 6.10 Å². The molecule has 4 heteroatoms. The van der Waals surface area contributed by atoms with Gasteiger partial charge in [0.2, 0.25) is 0 Å². The summed E-state index contributed by atoms with van der Waals surface area (Å²) in [6.07, 6.45) is 4.93. The van der Waals surface area contributed by atoms with E-state index >= 15 is 0 Å². The van der Waals surface area contributed by atoms with Crippen molar-refractivity contribution in [3.63, 3.8) is 0 Å². The Morgan fingerprint density at radius 1 is 1.11 bits per heavy atom. The fourth-order valence-electron chi connectivity index (χ4n) is 5.59. The number of aryl methyl sites for hydroxylation is 1. The van der Waals surface area contributed by atoms with Gasteiger partial charge in [-0.25, -0.2) is 4.39 Å². The fourth-order valence-corrected chi connectivity index (χ4v) is 5.59. The Morgan fingerprint density at radius 3 is 2.82 bits per heavy atom. The minimum atomic E-state index is -0.502. The first-order valence-electron chi connectivity index (χ1n) is 10.7. The molecule has 0 aliphatic carbocycles. The van der Waals surface area contributed by atoms with E-state index in [1.807, 2.05) is 0 Å². The molecule has 0 spiro atoms. The van der Waals surface area contributed by atoms with Crippen molar-refractivity contribution in [1.82, 2.24) is 4.90 Å². The molecule has 0 aromatic heterocycles. The Bertz CT molecular complexity index is 837. The summed E-state index contributed by atoms with van der Waals surface area (Å²) in [6.45, 7) is 4.52. The molecule has 3 atom stereocenters. The molecule has 3 nitrogen and oxygen atoms in total. The molecule has 3 heterocycles. The molecule has 1 N–H and O–H groups in total. The normalized spacial score (nSPS) is 24.7. The quantitative estimate of drug-likeness (QED) is 0.839. The number of fused-ring (bicyclic) bond motifs is 3. The zero-order valence-electron chi connectivity index (χ0n) is 16.4. The molecule has 0 saturated carbocycles. The number of piperidine rings is 1. The predicted molar refractivity (Wildman–Crippen MR) is 110 cm³/mol. The lowest BCUT2D eigenvalue weighted by Crippen LogP contribution is -2.47. The number of aliphatic hydroxyl groups excluding tert-OH is 1. The maximum atomic E-state index is 13.0. The maximum Gasteiger partial charge on any atom is 0.123 e. The van der Waals surface area contributed by atoms with Crippen LogP contribution in [0.25, 0.3) is 0 Å². The van der Waals surface area contributed by atoms with Crippen molar-refractivity contribution in [3.8, 4) is 0 Å². The summed E-state index contributed by atoms with van der Waals surface area (Å²) in [5, 5.41) is 10.4. The highest BCUT2D eigenvalue weighted by atomic mass is 19.1. The topological polar surface area (TPSA) is 26.7 Å². The molecule has 0 radical (unpaired) electrons. The molecule has 148 valence electrons. The summed E-state index contributed by atoms with van der Waals surface area (Å²) in [5.41, 5.74) is 5.48. The van der Waals surface area contributed by atoms with Crippen LogP contribution in [-0.4, -0.2) is 42.2 Å². The molecule has 0 amide bonds. The monoisotopic (exact) mass is 380 g/mol. The number of para-hydroxylation sites is 1. The van der Waals surface area contributed by atoms with Crippen LogP contribution in [0, 0.1) is 5.82 Å². The van der Waals surface area contributed by atoms with Gasteiger partial charge in [-0.15, -0.1) is 0 Å². The van der Waals surface area contributed by atoms with E-state index in [1.54, 1.807) is 28.9 Å². The van der Waals surface area contributed by atoms with Crippen molar-refractivity contribution in [3.05, 3.63) is 65.0 Å². The van der Waals surface area contributed by atoms with Crippen molar-refractivity contribution in [2.45, 2.75) is 50.2 Å². The van der Waals surface area contributed by atoms with Gasteiger partial charge in [0.15, 0.2) is 0 Å². The van der Waals surface area contributed by atoms with Gasteiger partial charge < -0.3 is 14.9 Å². The second kappa shape index (κ2) is 7.49. The number of halogens is 1. The first-order valence-corrected chi connectivity index (χ1v) is 10.7. The summed E-state index contributed by atoms with van der Waals surface area (Å²) in [5.74, 6) is 0.376. The molecular weight excluding hydrogens is 351 g/mol. The minimum absolute atomic E-state index is 0.253. The van der Waals surface area contributed by atoms with E-state index in [4.69, 9.17) is 0 Å². The largest absolute Gasteiger partial charge is 0.388 e. The van der Waals surface area contributed by atoms with Gasteiger partial charge in [0.1, 0.15) is 5.82 Å². The molecule has 3 aliphatic rings. The van der Waals surface area contributed by atoms with E-state index in [9.17, 15) is 9.50 Å². The zero-order chi connectivity index (χ0) is 19.1. The van der Waals surface area contributed by atoms with Crippen LogP contribution in [0.4, 0.5) is 10.1 Å². The van der Waals surface area contributed by atoms with Crippen LogP contribution in [0.1, 0.15) is 54.4 Å². The highest BCUT2D eigenvalue weighted by Gasteiger charge is 2.43. The van der Waals surface area contributed by atoms with Crippen molar-refractivity contribution in [2.75, 3.05) is 31.1 Å². The Hall–Kier alpha value is -1.91. The molecule has 0 unspecified atom stereocenters. The van der Waals surface area contributed by atoms with E-state index in [-0.39, 0.29) is 5.82 Å². The Kier molecular flexibility index (Phi) is 4.85.